The van der Waals surface area contributed by atoms with Crippen molar-refractivity contribution in [3.8, 4) is 0 Å². The smallest absolute Gasteiger partial charge is 0.216 e. The summed E-state index contributed by atoms with van der Waals surface area (Å²) in [6, 6.07) is 12.6. The molecule has 1 aromatic carbocycles. The summed E-state index contributed by atoms with van der Waals surface area (Å²) >= 11 is 0. The van der Waals surface area contributed by atoms with Gasteiger partial charge in [-0.3, -0.25) is 9.78 Å². The molecule has 2 N–H and O–H groups in total. The lowest BCUT2D eigenvalue weighted by molar-refractivity contribution is -0.119. The topological polar surface area (TPSA) is 54.0 Å². The average molecular weight is 297 g/mol. The number of pyridine rings is 1. The maximum atomic E-state index is 11.2. The van der Waals surface area contributed by atoms with Crippen molar-refractivity contribution in [2.75, 3.05) is 19.6 Å². The number of benzene rings is 1. The number of piperidine rings is 1. The molecule has 4 nitrogen and oxygen atoms in total. The third kappa shape index (κ3) is 3.12. The molecular weight excluding hydrogens is 274 g/mol. The van der Waals surface area contributed by atoms with E-state index in [1.54, 1.807) is 6.92 Å². The third-order valence-corrected chi connectivity index (χ3v) is 4.68. The molecular formula is C18H23N3O. The van der Waals surface area contributed by atoms with E-state index in [0.717, 1.165) is 43.6 Å². The maximum Gasteiger partial charge on any atom is 0.216 e. The predicted octanol–water partition coefficient (Wildman–Crippen LogP) is 2.38. The van der Waals surface area contributed by atoms with E-state index in [4.69, 9.17) is 4.98 Å². The Morgan fingerprint density at radius 1 is 1.23 bits per heavy atom. The van der Waals surface area contributed by atoms with Crippen LogP contribution in [-0.4, -0.2) is 30.5 Å². The van der Waals surface area contributed by atoms with E-state index in [-0.39, 0.29) is 11.3 Å². The predicted molar refractivity (Wildman–Crippen MR) is 88.8 cm³/mol. The minimum atomic E-state index is 0.0376. The van der Waals surface area contributed by atoms with Crippen LogP contribution in [0, 0.1) is 0 Å². The molecule has 0 spiro atoms. The number of nitrogens with zero attached hydrogens (tertiary/aromatic N) is 1. The number of hydrogen-bond donors (Lipinski definition) is 2. The first kappa shape index (κ1) is 15.0. The lowest BCUT2D eigenvalue weighted by atomic mass is 9.73. The molecule has 1 amide bonds. The Labute approximate surface area is 131 Å². The van der Waals surface area contributed by atoms with Crippen LogP contribution in [0.5, 0.6) is 0 Å². The summed E-state index contributed by atoms with van der Waals surface area (Å²) in [6.45, 7) is 4.30. The zero-order valence-electron chi connectivity index (χ0n) is 13.1. The molecule has 0 saturated carbocycles. The van der Waals surface area contributed by atoms with Gasteiger partial charge in [-0.1, -0.05) is 24.3 Å². The first-order valence-corrected chi connectivity index (χ1v) is 8.01. The average Bonchev–Trinajstić information content (AvgIpc) is 2.55. The van der Waals surface area contributed by atoms with Gasteiger partial charge >= 0.3 is 0 Å². The number of carbonyl (C=O) groups excluding carboxylic acids is 1. The Balaban J connectivity index is 1.90. The highest BCUT2D eigenvalue weighted by molar-refractivity contribution is 5.78. The summed E-state index contributed by atoms with van der Waals surface area (Å²) in [7, 11) is 0. The fourth-order valence-electron chi connectivity index (χ4n) is 3.38. The van der Waals surface area contributed by atoms with Gasteiger partial charge in [-0.05, 0) is 44.5 Å². The fraction of sp³-hybridized carbons (Fsp3) is 0.444. The number of para-hydroxylation sites is 1. The normalized spacial score (nSPS) is 17.3. The van der Waals surface area contributed by atoms with E-state index < -0.39 is 0 Å². The number of nitrogens with one attached hydrogen (secondary N) is 2. The van der Waals surface area contributed by atoms with E-state index in [1.807, 2.05) is 12.1 Å². The Morgan fingerprint density at radius 2 is 2.00 bits per heavy atom. The lowest BCUT2D eigenvalue weighted by Gasteiger charge is -2.37. The van der Waals surface area contributed by atoms with Gasteiger partial charge in [0.05, 0.1) is 5.52 Å². The first-order valence-electron chi connectivity index (χ1n) is 8.01. The van der Waals surface area contributed by atoms with Crippen LogP contribution in [0.4, 0.5) is 0 Å². The summed E-state index contributed by atoms with van der Waals surface area (Å²) in [4.78, 5) is 16.1. The molecule has 2 heterocycles. The Bertz CT molecular complexity index is 662. The minimum absolute atomic E-state index is 0.0376. The van der Waals surface area contributed by atoms with Crippen molar-refractivity contribution in [2.45, 2.75) is 31.6 Å². The van der Waals surface area contributed by atoms with Gasteiger partial charge in [-0.2, -0.15) is 0 Å². The van der Waals surface area contributed by atoms with E-state index >= 15 is 0 Å². The molecule has 1 saturated heterocycles. The summed E-state index contributed by atoms with van der Waals surface area (Å²) < 4.78 is 0. The molecule has 2 aromatic rings. The number of hydrogen-bond acceptors (Lipinski definition) is 3. The highest BCUT2D eigenvalue weighted by Crippen LogP contribution is 2.36. The number of carbonyl (C=O) groups is 1. The largest absolute Gasteiger partial charge is 0.356 e. The van der Waals surface area contributed by atoms with E-state index in [9.17, 15) is 4.79 Å². The van der Waals surface area contributed by atoms with Gasteiger partial charge in [-0.15, -0.1) is 0 Å². The highest BCUT2D eigenvalue weighted by Gasteiger charge is 2.34. The maximum absolute atomic E-state index is 11.2. The number of amides is 1. The number of fused-ring (bicyclic) bond motifs is 1. The van der Waals surface area contributed by atoms with E-state index in [2.05, 4.69) is 34.9 Å². The fourth-order valence-corrected chi connectivity index (χ4v) is 3.38. The van der Waals surface area contributed by atoms with Crippen molar-refractivity contribution in [1.29, 1.82) is 0 Å². The van der Waals surface area contributed by atoms with Gasteiger partial charge in [0.2, 0.25) is 5.91 Å². The van der Waals surface area contributed by atoms with Crippen molar-refractivity contribution in [3.05, 3.63) is 42.1 Å². The molecule has 1 aliphatic rings. The van der Waals surface area contributed by atoms with Crippen LogP contribution in [-0.2, 0) is 10.2 Å². The van der Waals surface area contributed by atoms with Gasteiger partial charge < -0.3 is 10.6 Å². The minimum Gasteiger partial charge on any atom is -0.356 e. The SMILES string of the molecule is CC(=O)NCCC1(c2ccc3ccccc3n2)CCNCC1. The van der Waals surface area contributed by atoms with Crippen molar-refractivity contribution in [1.82, 2.24) is 15.6 Å². The summed E-state index contributed by atoms with van der Waals surface area (Å²) in [5.74, 6) is 0.0376. The third-order valence-electron chi connectivity index (χ3n) is 4.68. The zero-order valence-corrected chi connectivity index (χ0v) is 13.1. The molecule has 0 radical (unpaired) electrons. The van der Waals surface area contributed by atoms with Crippen molar-refractivity contribution in [2.24, 2.45) is 0 Å². The number of aromatic nitrogens is 1. The van der Waals surface area contributed by atoms with Crippen LogP contribution >= 0.6 is 0 Å². The molecule has 1 aromatic heterocycles. The van der Waals surface area contributed by atoms with Crippen molar-refractivity contribution < 1.29 is 4.79 Å². The van der Waals surface area contributed by atoms with Gasteiger partial charge in [-0.25, -0.2) is 0 Å². The highest BCUT2D eigenvalue weighted by atomic mass is 16.1. The van der Waals surface area contributed by atoms with Crippen LogP contribution in [0.2, 0.25) is 0 Å². The molecule has 3 rings (SSSR count). The monoisotopic (exact) mass is 297 g/mol. The first-order chi connectivity index (χ1) is 10.7. The Morgan fingerprint density at radius 3 is 2.77 bits per heavy atom. The standard InChI is InChI=1S/C18H23N3O/c1-14(22)20-13-10-18(8-11-19-12-9-18)17-7-6-15-4-2-3-5-16(15)21-17/h2-7,19H,8-13H2,1H3,(H,20,22). The van der Waals surface area contributed by atoms with Gasteiger partial charge in [0.1, 0.15) is 0 Å². The summed E-state index contributed by atoms with van der Waals surface area (Å²) in [5.41, 5.74) is 2.29. The van der Waals surface area contributed by atoms with Gasteiger partial charge in [0, 0.05) is 30.0 Å². The van der Waals surface area contributed by atoms with Gasteiger partial charge in [0.25, 0.3) is 0 Å². The number of rotatable bonds is 4. The van der Waals surface area contributed by atoms with Crippen LogP contribution < -0.4 is 10.6 Å². The Hall–Kier alpha value is -1.94. The van der Waals surface area contributed by atoms with Crippen LogP contribution in [0.3, 0.4) is 0 Å². The Kier molecular flexibility index (Phi) is 4.39. The van der Waals surface area contributed by atoms with Crippen molar-refractivity contribution >= 4 is 16.8 Å². The van der Waals surface area contributed by atoms with Crippen LogP contribution in [0.15, 0.2) is 36.4 Å². The molecule has 22 heavy (non-hydrogen) atoms. The molecule has 0 unspecified atom stereocenters. The lowest BCUT2D eigenvalue weighted by Crippen LogP contribution is -2.42. The molecule has 0 aliphatic carbocycles. The second kappa shape index (κ2) is 6.44. The zero-order chi connectivity index (χ0) is 15.4. The molecule has 1 aliphatic heterocycles. The summed E-state index contributed by atoms with van der Waals surface area (Å²) in [6.07, 6.45) is 3.08. The molecule has 4 heteroatoms. The van der Waals surface area contributed by atoms with E-state index in [0.29, 0.717) is 6.54 Å². The molecule has 0 bridgehead atoms. The quantitative estimate of drug-likeness (QED) is 0.911. The second-order valence-electron chi connectivity index (χ2n) is 6.15. The van der Waals surface area contributed by atoms with Crippen molar-refractivity contribution in [3.63, 3.8) is 0 Å². The van der Waals surface area contributed by atoms with Crippen LogP contribution in [0.1, 0.15) is 31.9 Å². The molecule has 1 fully saturated rings. The van der Waals surface area contributed by atoms with E-state index in [1.165, 1.54) is 5.39 Å². The van der Waals surface area contributed by atoms with Crippen LogP contribution in [0.25, 0.3) is 10.9 Å². The van der Waals surface area contributed by atoms with Gasteiger partial charge in [0.15, 0.2) is 0 Å². The molecule has 116 valence electrons. The molecule has 0 atom stereocenters. The summed E-state index contributed by atoms with van der Waals surface area (Å²) in [5, 5.41) is 7.55. The second-order valence-corrected chi connectivity index (χ2v) is 6.15.